The molecule has 1 aliphatic rings. The minimum atomic E-state index is 0.000841. The lowest BCUT2D eigenvalue weighted by molar-refractivity contribution is 0.339. The fourth-order valence-corrected chi connectivity index (χ4v) is 3.95. The Morgan fingerprint density at radius 2 is 1.74 bits per heavy atom. The van der Waals surface area contributed by atoms with Gasteiger partial charge < -0.3 is 10.1 Å². The Kier molecular flexibility index (Phi) is 3.87. The highest BCUT2D eigenvalue weighted by atomic mass is 16.5. The summed E-state index contributed by atoms with van der Waals surface area (Å²) in [5.41, 5.74) is 5.37. The summed E-state index contributed by atoms with van der Waals surface area (Å²) in [5.74, 6) is 0.942. The smallest absolute Gasteiger partial charge is 0.119 e. The van der Waals surface area contributed by atoms with Gasteiger partial charge in [0.1, 0.15) is 5.75 Å². The van der Waals surface area contributed by atoms with E-state index in [4.69, 9.17) is 4.74 Å². The number of aryl methyl sites for hydroxylation is 1. The van der Waals surface area contributed by atoms with Gasteiger partial charge in [-0.05, 0) is 63.4 Å². The molecule has 3 rings (SSSR count). The average molecular weight is 309 g/mol. The SMILES string of the molecule is CCOc1ccc([C@@]2(C)CC(C)(C)Nc3ccc(C)cc32)cc1. The van der Waals surface area contributed by atoms with Crippen LogP contribution in [0.3, 0.4) is 0 Å². The number of hydrogen-bond acceptors (Lipinski definition) is 2. The van der Waals surface area contributed by atoms with E-state index >= 15 is 0 Å². The molecule has 2 aromatic rings. The summed E-state index contributed by atoms with van der Waals surface area (Å²) in [5, 5.41) is 3.70. The van der Waals surface area contributed by atoms with Gasteiger partial charge in [0.15, 0.2) is 0 Å². The van der Waals surface area contributed by atoms with E-state index in [2.05, 4.69) is 75.5 Å². The molecule has 1 N–H and O–H groups in total. The van der Waals surface area contributed by atoms with Crippen LogP contribution < -0.4 is 10.1 Å². The van der Waals surface area contributed by atoms with Crippen LogP contribution in [0.2, 0.25) is 0 Å². The number of rotatable bonds is 3. The maximum atomic E-state index is 5.60. The summed E-state index contributed by atoms with van der Waals surface area (Å²) in [4.78, 5) is 0. The lowest BCUT2D eigenvalue weighted by Gasteiger charge is -2.46. The van der Waals surface area contributed by atoms with Crippen LogP contribution in [-0.2, 0) is 5.41 Å². The zero-order chi connectivity index (χ0) is 16.7. The number of fused-ring (bicyclic) bond motifs is 1. The molecule has 122 valence electrons. The molecule has 0 amide bonds. The predicted octanol–water partition coefficient (Wildman–Crippen LogP) is 5.29. The molecule has 0 radical (unpaired) electrons. The molecule has 0 saturated carbocycles. The van der Waals surface area contributed by atoms with Gasteiger partial charge in [0.25, 0.3) is 0 Å². The molecule has 2 nitrogen and oxygen atoms in total. The monoisotopic (exact) mass is 309 g/mol. The van der Waals surface area contributed by atoms with Gasteiger partial charge in [-0.1, -0.05) is 36.8 Å². The summed E-state index contributed by atoms with van der Waals surface area (Å²) >= 11 is 0. The Labute approximate surface area is 139 Å². The Bertz CT molecular complexity index is 702. The summed E-state index contributed by atoms with van der Waals surface area (Å²) in [6, 6.07) is 15.4. The molecule has 23 heavy (non-hydrogen) atoms. The highest BCUT2D eigenvalue weighted by molar-refractivity contribution is 5.63. The molecule has 1 aliphatic heterocycles. The largest absolute Gasteiger partial charge is 0.494 e. The standard InChI is InChI=1S/C21H27NO/c1-6-23-17-10-8-16(9-11-17)21(5)14-20(3,4)22-19-12-7-15(2)13-18(19)21/h7-13,22H,6,14H2,1-5H3/t21-/m1/s1. The number of benzene rings is 2. The summed E-state index contributed by atoms with van der Waals surface area (Å²) in [6.07, 6.45) is 1.06. The number of hydrogen-bond donors (Lipinski definition) is 1. The zero-order valence-corrected chi connectivity index (χ0v) is 14.9. The third kappa shape index (κ3) is 2.95. The van der Waals surface area contributed by atoms with Gasteiger partial charge >= 0.3 is 0 Å². The molecule has 0 bridgehead atoms. The van der Waals surface area contributed by atoms with Crippen molar-refractivity contribution in [1.82, 2.24) is 0 Å². The Hall–Kier alpha value is -1.96. The van der Waals surface area contributed by atoms with E-state index in [1.165, 1.54) is 22.4 Å². The van der Waals surface area contributed by atoms with Crippen molar-refractivity contribution in [1.29, 1.82) is 0 Å². The third-order valence-corrected chi connectivity index (χ3v) is 4.84. The molecule has 0 aliphatic carbocycles. The fourth-order valence-electron chi connectivity index (χ4n) is 3.95. The lowest BCUT2D eigenvalue weighted by atomic mass is 9.66. The van der Waals surface area contributed by atoms with Crippen LogP contribution in [-0.4, -0.2) is 12.1 Å². The van der Waals surface area contributed by atoms with Gasteiger partial charge in [0, 0.05) is 16.6 Å². The number of nitrogens with one attached hydrogen (secondary N) is 1. The molecule has 0 spiro atoms. The van der Waals surface area contributed by atoms with E-state index in [1.54, 1.807) is 0 Å². The third-order valence-electron chi connectivity index (χ3n) is 4.84. The van der Waals surface area contributed by atoms with Crippen molar-refractivity contribution in [2.75, 3.05) is 11.9 Å². The molecule has 0 aromatic heterocycles. The van der Waals surface area contributed by atoms with Crippen LogP contribution in [0.1, 0.15) is 50.8 Å². The van der Waals surface area contributed by atoms with Crippen molar-refractivity contribution < 1.29 is 4.74 Å². The zero-order valence-electron chi connectivity index (χ0n) is 14.9. The Morgan fingerprint density at radius 3 is 2.39 bits per heavy atom. The fraction of sp³-hybridized carbons (Fsp3) is 0.429. The van der Waals surface area contributed by atoms with Crippen molar-refractivity contribution in [3.63, 3.8) is 0 Å². The topological polar surface area (TPSA) is 21.3 Å². The molecular weight excluding hydrogens is 282 g/mol. The highest BCUT2D eigenvalue weighted by Crippen LogP contribution is 2.47. The van der Waals surface area contributed by atoms with Gasteiger partial charge in [-0.15, -0.1) is 0 Å². The first kappa shape index (κ1) is 15.9. The van der Waals surface area contributed by atoms with Crippen LogP contribution in [0.15, 0.2) is 42.5 Å². The molecular formula is C21H27NO. The molecule has 0 unspecified atom stereocenters. The van der Waals surface area contributed by atoms with E-state index in [0.717, 1.165) is 12.2 Å². The van der Waals surface area contributed by atoms with Crippen LogP contribution in [0.5, 0.6) is 5.75 Å². The maximum absolute atomic E-state index is 5.60. The summed E-state index contributed by atoms with van der Waals surface area (Å²) in [7, 11) is 0. The maximum Gasteiger partial charge on any atom is 0.119 e. The Morgan fingerprint density at radius 1 is 1.04 bits per heavy atom. The van der Waals surface area contributed by atoms with Crippen molar-refractivity contribution in [2.45, 2.75) is 52.0 Å². The highest BCUT2D eigenvalue weighted by Gasteiger charge is 2.41. The van der Waals surface area contributed by atoms with E-state index in [9.17, 15) is 0 Å². The van der Waals surface area contributed by atoms with Crippen LogP contribution >= 0.6 is 0 Å². The van der Waals surface area contributed by atoms with Gasteiger partial charge in [-0.2, -0.15) is 0 Å². The first-order valence-electron chi connectivity index (χ1n) is 8.47. The number of ether oxygens (including phenoxy) is 1. The van der Waals surface area contributed by atoms with Crippen LogP contribution in [0, 0.1) is 6.92 Å². The molecule has 0 fully saturated rings. The van der Waals surface area contributed by atoms with Crippen LogP contribution in [0.4, 0.5) is 5.69 Å². The minimum Gasteiger partial charge on any atom is -0.494 e. The number of anilines is 1. The van der Waals surface area contributed by atoms with E-state index in [-0.39, 0.29) is 11.0 Å². The van der Waals surface area contributed by atoms with E-state index in [1.807, 2.05) is 6.92 Å². The van der Waals surface area contributed by atoms with Gasteiger partial charge in [0.2, 0.25) is 0 Å². The second-order valence-electron chi connectivity index (χ2n) is 7.52. The van der Waals surface area contributed by atoms with Gasteiger partial charge in [-0.25, -0.2) is 0 Å². The Balaban J connectivity index is 2.10. The quantitative estimate of drug-likeness (QED) is 0.831. The molecule has 1 heterocycles. The van der Waals surface area contributed by atoms with Gasteiger partial charge in [-0.3, -0.25) is 0 Å². The van der Waals surface area contributed by atoms with Crippen molar-refractivity contribution in [3.8, 4) is 5.75 Å². The van der Waals surface area contributed by atoms with Crippen LogP contribution in [0.25, 0.3) is 0 Å². The second-order valence-corrected chi connectivity index (χ2v) is 7.52. The predicted molar refractivity (Wildman–Crippen MR) is 97.6 cm³/mol. The van der Waals surface area contributed by atoms with Crippen molar-refractivity contribution in [3.05, 3.63) is 59.2 Å². The first-order valence-corrected chi connectivity index (χ1v) is 8.47. The van der Waals surface area contributed by atoms with Gasteiger partial charge in [0.05, 0.1) is 6.61 Å². The summed E-state index contributed by atoms with van der Waals surface area (Å²) in [6.45, 7) is 11.8. The van der Waals surface area contributed by atoms with E-state index < -0.39 is 0 Å². The average Bonchev–Trinajstić information content (AvgIpc) is 2.48. The molecule has 2 aromatic carbocycles. The molecule has 1 atom stereocenters. The van der Waals surface area contributed by atoms with E-state index in [0.29, 0.717) is 6.61 Å². The minimum absolute atomic E-state index is 0.000841. The lowest BCUT2D eigenvalue weighted by Crippen LogP contribution is -2.45. The molecule has 2 heteroatoms. The second kappa shape index (κ2) is 5.59. The normalized spacial score (nSPS) is 22.1. The summed E-state index contributed by atoms with van der Waals surface area (Å²) < 4.78 is 5.60. The van der Waals surface area contributed by atoms with Crippen molar-refractivity contribution in [2.24, 2.45) is 0 Å². The first-order chi connectivity index (χ1) is 10.8. The molecule has 0 saturated heterocycles. The van der Waals surface area contributed by atoms with Crippen molar-refractivity contribution >= 4 is 5.69 Å².